The molecule has 0 atom stereocenters. The average Bonchev–Trinajstić information content (AvgIpc) is 3.79. The molecule has 7 aromatic rings. The van der Waals surface area contributed by atoms with Crippen molar-refractivity contribution in [1.29, 1.82) is 0 Å². The van der Waals surface area contributed by atoms with Gasteiger partial charge in [-0.1, -0.05) is 18.2 Å². The van der Waals surface area contributed by atoms with Crippen molar-refractivity contribution < 1.29 is 41.4 Å². The Balaban J connectivity index is 0.000000197. The average molecular weight is 760 g/mol. The van der Waals surface area contributed by atoms with E-state index in [0.29, 0.717) is 45.8 Å². The van der Waals surface area contributed by atoms with Crippen molar-refractivity contribution in [3.8, 4) is 34.3 Å². The fraction of sp³-hybridized carbons (Fsp3) is 0.100. The van der Waals surface area contributed by atoms with Crippen LogP contribution in [0.2, 0.25) is 0 Å². The zero-order valence-corrected chi connectivity index (χ0v) is 30.3. The third kappa shape index (κ3) is 9.85. The molecule has 0 aliphatic heterocycles. The lowest BCUT2D eigenvalue weighted by molar-refractivity contribution is 0.0660. The predicted octanol–water partition coefficient (Wildman–Crippen LogP) is 7.06. The van der Waals surface area contributed by atoms with Gasteiger partial charge >= 0.3 is 11.9 Å². The molecular formula is C40H33N5O9S. The first-order valence-corrected chi connectivity index (χ1v) is 18.1. The maximum atomic E-state index is 12.4. The third-order valence-corrected chi connectivity index (χ3v) is 9.25. The Hall–Kier alpha value is -7.13. The number of hydrogen-bond acceptors (Lipinski definition) is 12. The highest BCUT2D eigenvalue weighted by atomic mass is 32.2. The molecule has 0 bridgehead atoms. The SMILES string of the molecule is Cc1oc(C(=O)NS(=O)(=O)c2ccccc2)cc1COc1ccc(-c2ncccn2)cc1.Cc1oc(C(=O)O)cc1COc1ccc(-c2ncccn2)cc1. The molecule has 7 rings (SSSR count). The Bertz CT molecular complexity index is 2470. The van der Waals surface area contributed by atoms with Gasteiger partial charge < -0.3 is 23.4 Å². The number of amides is 1. The van der Waals surface area contributed by atoms with Gasteiger partial charge in [0.05, 0.1) is 4.90 Å². The summed E-state index contributed by atoms with van der Waals surface area (Å²) in [5.41, 5.74) is 3.09. The van der Waals surface area contributed by atoms with Crippen molar-refractivity contribution in [3.63, 3.8) is 0 Å². The molecule has 14 nitrogen and oxygen atoms in total. The van der Waals surface area contributed by atoms with Crippen LogP contribution in [0.5, 0.6) is 11.5 Å². The number of nitrogens with one attached hydrogen (secondary N) is 1. The second-order valence-electron chi connectivity index (χ2n) is 11.7. The van der Waals surface area contributed by atoms with Crippen molar-refractivity contribution in [2.24, 2.45) is 0 Å². The molecule has 3 aromatic carbocycles. The number of sulfonamides is 1. The van der Waals surface area contributed by atoms with E-state index in [-0.39, 0.29) is 29.6 Å². The minimum atomic E-state index is -3.99. The van der Waals surface area contributed by atoms with Crippen molar-refractivity contribution in [3.05, 3.63) is 162 Å². The zero-order valence-electron chi connectivity index (χ0n) is 29.4. The van der Waals surface area contributed by atoms with Gasteiger partial charge in [-0.15, -0.1) is 0 Å². The first-order chi connectivity index (χ1) is 26.6. The number of rotatable bonds is 12. The minimum Gasteiger partial charge on any atom is -0.489 e. The number of aromatic nitrogens is 4. The van der Waals surface area contributed by atoms with Crippen LogP contribution in [0.3, 0.4) is 0 Å². The summed E-state index contributed by atoms with van der Waals surface area (Å²) in [6.45, 7) is 3.77. The number of hydrogen-bond donors (Lipinski definition) is 2. The largest absolute Gasteiger partial charge is 0.489 e. The molecule has 4 aromatic heterocycles. The number of ether oxygens (including phenoxy) is 2. The van der Waals surface area contributed by atoms with Crippen LogP contribution in [0.1, 0.15) is 43.8 Å². The molecule has 55 heavy (non-hydrogen) atoms. The van der Waals surface area contributed by atoms with E-state index >= 15 is 0 Å². The maximum Gasteiger partial charge on any atom is 0.371 e. The lowest BCUT2D eigenvalue weighted by Gasteiger charge is -2.06. The molecule has 0 saturated heterocycles. The van der Waals surface area contributed by atoms with Gasteiger partial charge in [0.25, 0.3) is 10.0 Å². The van der Waals surface area contributed by atoms with Gasteiger partial charge in [0.1, 0.15) is 36.2 Å². The van der Waals surface area contributed by atoms with E-state index < -0.39 is 21.9 Å². The molecule has 4 heterocycles. The number of carboxylic acid groups (broad SMARTS) is 1. The van der Waals surface area contributed by atoms with Gasteiger partial charge in [-0.25, -0.2) is 37.9 Å². The lowest BCUT2D eigenvalue weighted by Crippen LogP contribution is -2.30. The van der Waals surface area contributed by atoms with Gasteiger partial charge in [-0.05, 0) is 98.8 Å². The van der Waals surface area contributed by atoms with Crippen molar-refractivity contribution >= 4 is 21.9 Å². The Morgan fingerprint density at radius 3 is 1.51 bits per heavy atom. The molecule has 0 saturated carbocycles. The van der Waals surface area contributed by atoms with Crippen LogP contribution in [0.4, 0.5) is 0 Å². The Kier molecular flexibility index (Phi) is 11.7. The zero-order chi connectivity index (χ0) is 38.8. The van der Waals surface area contributed by atoms with Crippen molar-refractivity contribution in [2.45, 2.75) is 32.0 Å². The molecule has 15 heteroatoms. The molecule has 0 aliphatic rings. The third-order valence-electron chi connectivity index (χ3n) is 7.90. The predicted molar refractivity (Wildman–Crippen MR) is 199 cm³/mol. The van der Waals surface area contributed by atoms with Crippen LogP contribution < -0.4 is 14.2 Å². The Morgan fingerprint density at radius 1 is 0.636 bits per heavy atom. The highest BCUT2D eigenvalue weighted by molar-refractivity contribution is 7.90. The Morgan fingerprint density at radius 2 is 1.07 bits per heavy atom. The summed E-state index contributed by atoms with van der Waals surface area (Å²) in [5, 5.41) is 8.90. The molecule has 0 unspecified atom stereocenters. The molecule has 2 N–H and O–H groups in total. The van der Waals surface area contributed by atoms with E-state index in [2.05, 4.69) is 19.9 Å². The summed E-state index contributed by atoms with van der Waals surface area (Å²) in [6, 6.07) is 28.8. The smallest absolute Gasteiger partial charge is 0.371 e. The van der Waals surface area contributed by atoms with Gasteiger partial charge in [-0.3, -0.25) is 4.79 Å². The number of aromatic carboxylic acids is 1. The van der Waals surface area contributed by atoms with E-state index in [1.165, 1.54) is 24.3 Å². The maximum absolute atomic E-state index is 12.4. The number of carboxylic acids is 1. The molecule has 0 radical (unpaired) electrons. The summed E-state index contributed by atoms with van der Waals surface area (Å²) < 4.78 is 48.7. The van der Waals surface area contributed by atoms with E-state index in [9.17, 15) is 18.0 Å². The van der Waals surface area contributed by atoms with Crippen LogP contribution in [0.15, 0.2) is 142 Å². The fourth-order valence-corrected chi connectivity index (χ4v) is 5.97. The van der Waals surface area contributed by atoms with E-state index in [1.54, 1.807) is 81.1 Å². The second kappa shape index (κ2) is 17.1. The number of benzene rings is 3. The van der Waals surface area contributed by atoms with Crippen LogP contribution in [-0.4, -0.2) is 45.3 Å². The van der Waals surface area contributed by atoms with Crippen molar-refractivity contribution in [1.82, 2.24) is 24.7 Å². The molecule has 1 amide bonds. The summed E-state index contributed by atoms with van der Waals surface area (Å²) in [7, 11) is -3.99. The highest BCUT2D eigenvalue weighted by Gasteiger charge is 2.22. The monoisotopic (exact) mass is 759 g/mol. The molecule has 0 spiro atoms. The van der Waals surface area contributed by atoms with Crippen molar-refractivity contribution in [2.75, 3.05) is 0 Å². The second-order valence-corrected chi connectivity index (χ2v) is 13.4. The van der Waals surface area contributed by atoms with Gasteiger partial charge in [0.15, 0.2) is 17.4 Å². The summed E-state index contributed by atoms with van der Waals surface area (Å²) in [4.78, 5) is 40.0. The summed E-state index contributed by atoms with van der Waals surface area (Å²) in [6.07, 6.45) is 6.73. The first kappa shape index (κ1) is 37.6. The summed E-state index contributed by atoms with van der Waals surface area (Å²) >= 11 is 0. The van der Waals surface area contributed by atoms with Gasteiger partial charge in [0, 0.05) is 47.0 Å². The molecule has 0 aliphatic carbocycles. The van der Waals surface area contributed by atoms with Crippen LogP contribution in [0, 0.1) is 13.8 Å². The van der Waals surface area contributed by atoms with E-state index in [4.69, 9.17) is 23.4 Å². The summed E-state index contributed by atoms with van der Waals surface area (Å²) in [5.74, 6) is 1.40. The number of aryl methyl sites for hydroxylation is 2. The number of nitrogens with zero attached hydrogens (tertiary/aromatic N) is 4. The lowest BCUT2D eigenvalue weighted by atomic mass is 10.2. The van der Waals surface area contributed by atoms with Gasteiger partial charge in [-0.2, -0.15) is 0 Å². The van der Waals surface area contributed by atoms with E-state index in [0.717, 1.165) is 11.1 Å². The van der Waals surface area contributed by atoms with Crippen LogP contribution >= 0.6 is 0 Å². The topological polar surface area (TPSA) is 197 Å². The minimum absolute atomic E-state index is 0.00969. The van der Waals surface area contributed by atoms with Crippen LogP contribution in [0.25, 0.3) is 22.8 Å². The first-order valence-electron chi connectivity index (χ1n) is 16.6. The molecule has 278 valence electrons. The standard InChI is InChI=1S/C23H19N3O5S.C17H14N2O4/c1-16-18(15-30-19-10-8-17(9-11-19)22-24-12-5-13-25-22)14-21(31-16)23(27)26-32(28,29)20-6-3-2-4-7-20;1-11-13(9-15(23-11)17(20)21)10-22-14-5-3-12(4-6-14)16-18-7-2-8-19-16/h2-14H,15H2,1H3,(H,26,27);2-9H,10H2,1H3,(H,20,21). The molecule has 0 fully saturated rings. The fourth-order valence-electron chi connectivity index (χ4n) is 4.99. The Labute approximate surface area is 315 Å². The van der Waals surface area contributed by atoms with Gasteiger partial charge in [0.2, 0.25) is 5.76 Å². The van der Waals surface area contributed by atoms with E-state index in [1.807, 2.05) is 41.1 Å². The van der Waals surface area contributed by atoms with Crippen LogP contribution in [-0.2, 0) is 23.2 Å². The highest BCUT2D eigenvalue weighted by Crippen LogP contribution is 2.23. The number of carbonyl (C=O) groups is 2. The quantitative estimate of drug-likeness (QED) is 0.128. The number of furan rings is 2. The number of carbonyl (C=O) groups excluding carboxylic acids is 1. The normalized spacial score (nSPS) is 10.9. The molecular weight excluding hydrogens is 727 g/mol.